The fourth-order valence-corrected chi connectivity index (χ4v) is 3.98. The molecule has 0 saturated heterocycles. The van der Waals surface area contributed by atoms with Gasteiger partial charge in [-0.2, -0.15) is 0 Å². The second-order valence-corrected chi connectivity index (χ2v) is 7.81. The SMILES string of the molecule is OC(CNCCC(c1ccccc1)c1ccccc1)COc1cccc2ccccc12. The fraction of sp³-hybridized carbons (Fsp3) is 0.214. The Morgan fingerprint density at radius 3 is 2.03 bits per heavy atom. The maximum Gasteiger partial charge on any atom is 0.127 e. The van der Waals surface area contributed by atoms with Crippen molar-refractivity contribution >= 4 is 10.8 Å². The first-order valence-corrected chi connectivity index (χ1v) is 10.9. The third kappa shape index (κ3) is 5.72. The topological polar surface area (TPSA) is 41.5 Å². The molecule has 1 unspecified atom stereocenters. The lowest BCUT2D eigenvalue weighted by atomic mass is 9.88. The highest BCUT2D eigenvalue weighted by Gasteiger charge is 2.14. The van der Waals surface area contributed by atoms with Crippen molar-refractivity contribution < 1.29 is 9.84 Å². The van der Waals surface area contributed by atoms with Crippen LogP contribution in [-0.2, 0) is 0 Å². The quantitative estimate of drug-likeness (QED) is 0.344. The summed E-state index contributed by atoms with van der Waals surface area (Å²) in [5, 5.41) is 16.0. The Balaban J connectivity index is 1.28. The van der Waals surface area contributed by atoms with Crippen molar-refractivity contribution in [2.75, 3.05) is 19.7 Å². The van der Waals surface area contributed by atoms with Crippen LogP contribution in [0.2, 0.25) is 0 Å². The molecule has 0 bridgehead atoms. The van der Waals surface area contributed by atoms with E-state index in [-0.39, 0.29) is 6.61 Å². The molecule has 0 fully saturated rings. The van der Waals surface area contributed by atoms with Gasteiger partial charge in [0.15, 0.2) is 0 Å². The second-order valence-electron chi connectivity index (χ2n) is 7.81. The average molecular weight is 412 g/mol. The van der Waals surface area contributed by atoms with Gasteiger partial charge in [-0.15, -0.1) is 0 Å². The molecule has 1 atom stereocenters. The van der Waals surface area contributed by atoms with Crippen LogP contribution in [0.15, 0.2) is 103 Å². The zero-order chi connectivity index (χ0) is 21.3. The van der Waals surface area contributed by atoms with E-state index in [1.54, 1.807) is 0 Å². The lowest BCUT2D eigenvalue weighted by Crippen LogP contribution is -2.32. The van der Waals surface area contributed by atoms with Gasteiger partial charge >= 0.3 is 0 Å². The van der Waals surface area contributed by atoms with Gasteiger partial charge < -0.3 is 15.2 Å². The van der Waals surface area contributed by atoms with Crippen LogP contribution < -0.4 is 10.1 Å². The monoisotopic (exact) mass is 411 g/mol. The van der Waals surface area contributed by atoms with Gasteiger partial charge in [0.05, 0.1) is 0 Å². The van der Waals surface area contributed by atoms with E-state index in [1.807, 2.05) is 30.3 Å². The molecule has 4 aromatic rings. The van der Waals surface area contributed by atoms with Gasteiger partial charge in [-0.05, 0) is 35.5 Å². The number of nitrogens with one attached hydrogen (secondary N) is 1. The first kappa shape index (κ1) is 21.1. The molecule has 0 saturated carbocycles. The van der Waals surface area contributed by atoms with E-state index < -0.39 is 6.10 Å². The highest BCUT2D eigenvalue weighted by Crippen LogP contribution is 2.27. The number of aliphatic hydroxyl groups is 1. The molecule has 3 nitrogen and oxygen atoms in total. The molecular formula is C28H29NO2. The van der Waals surface area contributed by atoms with Gasteiger partial charge in [0, 0.05) is 17.8 Å². The Hall–Kier alpha value is -3.14. The molecule has 158 valence electrons. The minimum absolute atomic E-state index is 0.266. The van der Waals surface area contributed by atoms with Crippen molar-refractivity contribution in [1.29, 1.82) is 0 Å². The zero-order valence-corrected chi connectivity index (χ0v) is 17.7. The standard InChI is InChI=1S/C28H29NO2/c30-25(21-31-28-17-9-15-24-14-7-8-16-27(24)28)20-29-19-18-26(22-10-3-1-4-11-22)23-12-5-2-6-13-23/h1-17,25-26,29-30H,18-21H2. The fourth-order valence-electron chi connectivity index (χ4n) is 3.98. The Kier molecular flexibility index (Phi) is 7.32. The minimum Gasteiger partial charge on any atom is -0.490 e. The zero-order valence-electron chi connectivity index (χ0n) is 17.7. The van der Waals surface area contributed by atoms with Crippen molar-refractivity contribution in [2.45, 2.75) is 18.4 Å². The van der Waals surface area contributed by atoms with Gasteiger partial charge in [0.1, 0.15) is 18.5 Å². The number of fused-ring (bicyclic) bond motifs is 1. The van der Waals surface area contributed by atoms with Crippen LogP contribution in [0.5, 0.6) is 5.75 Å². The Labute approximate surface area is 184 Å². The van der Waals surface area contributed by atoms with E-state index in [0.717, 1.165) is 29.5 Å². The number of benzene rings is 4. The molecule has 0 amide bonds. The molecule has 3 heteroatoms. The second kappa shape index (κ2) is 10.8. The number of aliphatic hydroxyl groups excluding tert-OH is 1. The summed E-state index contributed by atoms with van der Waals surface area (Å²) < 4.78 is 5.91. The Morgan fingerprint density at radius 2 is 1.32 bits per heavy atom. The van der Waals surface area contributed by atoms with Crippen LogP contribution in [0.25, 0.3) is 10.8 Å². The van der Waals surface area contributed by atoms with Crippen molar-refractivity contribution in [1.82, 2.24) is 5.32 Å². The van der Waals surface area contributed by atoms with E-state index in [9.17, 15) is 5.11 Å². The van der Waals surface area contributed by atoms with E-state index in [0.29, 0.717) is 12.5 Å². The summed E-state index contributed by atoms with van der Waals surface area (Å²) in [7, 11) is 0. The van der Waals surface area contributed by atoms with E-state index in [1.165, 1.54) is 11.1 Å². The third-order valence-corrected chi connectivity index (χ3v) is 5.57. The predicted molar refractivity (Wildman–Crippen MR) is 128 cm³/mol. The Bertz CT molecular complexity index is 1020. The van der Waals surface area contributed by atoms with Gasteiger partial charge in [-0.25, -0.2) is 0 Å². The van der Waals surface area contributed by atoms with Gasteiger partial charge in [-0.3, -0.25) is 0 Å². The van der Waals surface area contributed by atoms with Crippen molar-refractivity contribution in [2.24, 2.45) is 0 Å². The predicted octanol–water partition coefficient (Wildman–Crippen LogP) is 5.39. The molecule has 0 heterocycles. The maximum absolute atomic E-state index is 10.4. The van der Waals surface area contributed by atoms with E-state index in [2.05, 4.69) is 78.1 Å². The molecule has 31 heavy (non-hydrogen) atoms. The summed E-state index contributed by atoms with van der Waals surface area (Å²) in [5.74, 6) is 1.14. The van der Waals surface area contributed by atoms with Crippen LogP contribution in [0, 0.1) is 0 Å². The van der Waals surface area contributed by atoms with Crippen LogP contribution in [-0.4, -0.2) is 30.9 Å². The lowest BCUT2D eigenvalue weighted by Gasteiger charge is -2.19. The summed E-state index contributed by atoms with van der Waals surface area (Å²) in [4.78, 5) is 0. The van der Waals surface area contributed by atoms with E-state index in [4.69, 9.17) is 4.74 Å². The minimum atomic E-state index is -0.564. The summed E-state index contributed by atoms with van der Waals surface area (Å²) in [6.45, 7) is 1.59. The Morgan fingerprint density at radius 1 is 0.710 bits per heavy atom. The van der Waals surface area contributed by atoms with Gasteiger partial charge in [-0.1, -0.05) is 97.1 Å². The normalized spacial score (nSPS) is 12.2. The largest absolute Gasteiger partial charge is 0.490 e. The average Bonchev–Trinajstić information content (AvgIpc) is 2.84. The summed E-state index contributed by atoms with van der Waals surface area (Å²) in [6.07, 6.45) is 0.399. The smallest absolute Gasteiger partial charge is 0.127 e. The first-order chi connectivity index (χ1) is 15.3. The summed E-state index contributed by atoms with van der Waals surface area (Å²) in [6, 6.07) is 35.3. The molecule has 4 rings (SSSR count). The first-order valence-electron chi connectivity index (χ1n) is 10.9. The molecule has 0 aliphatic rings. The molecule has 0 aliphatic carbocycles. The number of rotatable bonds is 10. The van der Waals surface area contributed by atoms with Gasteiger partial charge in [0.25, 0.3) is 0 Å². The van der Waals surface area contributed by atoms with Crippen LogP contribution in [0.1, 0.15) is 23.5 Å². The molecule has 0 aliphatic heterocycles. The molecule has 0 aromatic heterocycles. The number of ether oxygens (including phenoxy) is 1. The third-order valence-electron chi connectivity index (χ3n) is 5.57. The molecule has 4 aromatic carbocycles. The lowest BCUT2D eigenvalue weighted by molar-refractivity contribution is 0.107. The highest BCUT2D eigenvalue weighted by atomic mass is 16.5. The van der Waals surface area contributed by atoms with E-state index >= 15 is 0 Å². The van der Waals surface area contributed by atoms with Crippen LogP contribution in [0.4, 0.5) is 0 Å². The van der Waals surface area contributed by atoms with Crippen molar-refractivity contribution in [3.05, 3.63) is 114 Å². The number of hydrogen-bond acceptors (Lipinski definition) is 3. The van der Waals surface area contributed by atoms with Crippen molar-refractivity contribution in [3.63, 3.8) is 0 Å². The molecule has 0 spiro atoms. The van der Waals surface area contributed by atoms with Crippen LogP contribution >= 0.6 is 0 Å². The molecular weight excluding hydrogens is 382 g/mol. The van der Waals surface area contributed by atoms with Gasteiger partial charge in [0.2, 0.25) is 0 Å². The number of hydrogen-bond donors (Lipinski definition) is 2. The summed E-state index contributed by atoms with van der Waals surface area (Å²) >= 11 is 0. The van der Waals surface area contributed by atoms with Crippen LogP contribution in [0.3, 0.4) is 0 Å². The summed E-state index contributed by atoms with van der Waals surface area (Å²) in [5.41, 5.74) is 2.63. The molecule has 2 N–H and O–H groups in total. The van der Waals surface area contributed by atoms with Crippen molar-refractivity contribution in [3.8, 4) is 5.75 Å². The highest BCUT2D eigenvalue weighted by molar-refractivity contribution is 5.88. The maximum atomic E-state index is 10.4. The molecule has 0 radical (unpaired) electrons.